The summed E-state index contributed by atoms with van der Waals surface area (Å²) < 4.78 is 0. The largest absolute Gasteiger partial charge is 0.353 e. The number of rotatable bonds is 6. The van der Waals surface area contributed by atoms with Crippen LogP contribution in [0.1, 0.15) is 36.0 Å². The van der Waals surface area contributed by atoms with Gasteiger partial charge in [0.05, 0.1) is 21.9 Å². The number of carbonyl (C=O) groups excluding carboxylic acids is 2. The molecule has 1 aromatic heterocycles. The van der Waals surface area contributed by atoms with E-state index >= 15 is 0 Å². The Balaban J connectivity index is 1.55. The van der Waals surface area contributed by atoms with E-state index in [1.54, 1.807) is 6.07 Å². The molecule has 124 valence electrons. The quantitative estimate of drug-likeness (QED) is 0.792. The van der Waals surface area contributed by atoms with Gasteiger partial charge in [-0.05, 0) is 37.8 Å². The average Bonchev–Trinajstić information content (AvgIpc) is 3.49. The van der Waals surface area contributed by atoms with Crippen molar-refractivity contribution >= 4 is 34.5 Å². The molecule has 2 aliphatic carbocycles. The molecule has 24 heavy (non-hydrogen) atoms. The number of benzene rings is 1. The van der Waals surface area contributed by atoms with Gasteiger partial charge in [0, 0.05) is 17.5 Å². The topological polar surface area (TPSA) is 71.1 Å². The van der Waals surface area contributed by atoms with Crippen LogP contribution in [-0.4, -0.2) is 34.6 Å². The third kappa shape index (κ3) is 3.70. The van der Waals surface area contributed by atoms with Crippen LogP contribution in [0.3, 0.4) is 0 Å². The second kappa shape index (κ2) is 6.43. The highest BCUT2D eigenvalue weighted by Gasteiger charge is 2.25. The van der Waals surface area contributed by atoms with Crippen molar-refractivity contribution in [3.05, 3.63) is 35.9 Å². The number of amides is 2. The fraction of sp³-hybridized carbons (Fsp3) is 0.389. The van der Waals surface area contributed by atoms with Gasteiger partial charge in [0.1, 0.15) is 0 Å². The summed E-state index contributed by atoms with van der Waals surface area (Å²) in [7, 11) is 0. The Morgan fingerprint density at radius 1 is 1.08 bits per heavy atom. The molecule has 2 N–H and O–H groups in total. The van der Waals surface area contributed by atoms with Gasteiger partial charge >= 0.3 is 0 Å². The highest BCUT2D eigenvalue weighted by molar-refractivity contribution is 7.99. The van der Waals surface area contributed by atoms with Crippen LogP contribution in [0.2, 0.25) is 0 Å². The average molecular weight is 341 g/mol. The maximum absolute atomic E-state index is 12.5. The third-order valence-electron chi connectivity index (χ3n) is 4.14. The number of pyridine rings is 1. The Kier molecular flexibility index (Phi) is 4.14. The van der Waals surface area contributed by atoms with Crippen LogP contribution >= 0.6 is 11.8 Å². The third-order valence-corrected chi connectivity index (χ3v) is 5.05. The number of nitrogens with zero attached hydrogens (tertiary/aromatic N) is 1. The van der Waals surface area contributed by atoms with Gasteiger partial charge in [0.25, 0.3) is 5.91 Å². The number of para-hydroxylation sites is 1. The molecule has 1 heterocycles. The molecular weight excluding hydrogens is 322 g/mol. The zero-order valence-corrected chi connectivity index (χ0v) is 14.1. The molecule has 5 nitrogen and oxygen atoms in total. The first-order valence-electron chi connectivity index (χ1n) is 8.32. The molecular formula is C18H19N3O2S. The summed E-state index contributed by atoms with van der Waals surface area (Å²) >= 11 is 1.38. The normalized spacial score (nSPS) is 16.8. The minimum absolute atomic E-state index is 0.0291. The van der Waals surface area contributed by atoms with Gasteiger partial charge in [0.2, 0.25) is 5.91 Å². The molecule has 2 saturated carbocycles. The van der Waals surface area contributed by atoms with Crippen molar-refractivity contribution in [2.45, 2.75) is 42.8 Å². The van der Waals surface area contributed by atoms with Crippen LogP contribution in [0.25, 0.3) is 10.9 Å². The predicted molar refractivity (Wildman–Crippen MR) is 94.1 cm³/mol. The summed E-state index contributed by atoms with van der Waals surface area (Å²) in [5.74, 6) is 0.299. The number of thioether (sulfide) groups is 1. The van der Waals surface area contributed by atoms with Crippen LogP contribution in [0.5, 0.6) is 0 Å². The molecule has 1 aromatic carbocycles. The van der Waals surface area contributed by atoms with Gasteiger partial charge in [-0.1, -0.05) is 30.0 Å². The van der Waals surface area contributed by atoms with Crippen molar-refractivity contribution in [2.75, 3.05) is 5.75 Å². The van der Waals surface area contributed by atoms with E-state index in [1.165, 1.54) is 11.8 Å². The molecule has 0 aliphatic heterocycles. The van der Waals surface area contributed by atoms with Crippen LogP contribution in [0.4, 0.5) is 0 Å². The van der Waals surface area contributed by atoms with E-state index in [0.717, 1.165) is 36.6 Å². The molecule has 0 bridgehead atoms. The van der Waals surface area contributed by atoms with Crippen molar-refractivity contribution < 1.29 is 9.59 Å². The summed E-state index contributed by atoms with van der Waals surface area (Å²) in [4.78, 5) is 29.0. The first kappa shape index (κ1) is 15.4. The molecule has 0 radical (unpaired) electrons. The molecule has 0 saturated heterocycles. The Hall–Kier alpha value is -2.08. The fourth-order valence-corrected chi connectivity index (χ4v) is 3.27. The maximum atomic E-state index is 12.5. The van der Waals surface area contributed by atoms with Gasteiger partial charge in [-0.15, -0.1) is 0 Å². The van der Waals surface area contributed by atoms with Crippen molar-refractivity contribution in [2.24, 2.45) is 0 Å². The van der Waals surface area contributed by atoms with Crippen LogP contribution in [0.15, 0.2) is 35.4 Å². The molecule has 0 spiro atoms. The molecule has 2 amide bonds. The van der Waals surface area contributed by atoms with Gasteiger partial charge < -0.3 is 10.6 Å². The second-order valence-electron chi connectivity index (χ2n) is 6.40. The number of fused-ring (bicyclic) bond motifs is 1. The number of hydrogen-bond donors (Lipinski definition) is 2. The van der Waals surface area contributed by atoms with E-state index in [9.17, 15) is 9.59 Å². The standard InChI is InChI=1S/C18H19N3O2S/c22-16(19-11-5-6-11)10-24-17-9-14(18(23)20-12-7-8-12)13-3-1-2-4-15(13)21-17/h1-4,9,11-12H,5-8,10H2,(H,19,22)(H,20,23). The maximum Gasteiger partial charge on any atom is 0.252 e. The number of nitrogens with one attached hydrogen (secondary N) is 2. The lowest BCUT2D eigenvalue weighted by atomic mass is 10.1. The van der Waals surface area contributed by atoms with Crippen LogP contribution in [-0.2, 0) is 4.79 Å². The predicted octanol–water partition coefficient (Wildman–Crippen LogP) is 2.50. The van der Waals surface area contributed by atoms with Crippen molar-refractivity contribution in [3.63, 3.8) is 0 Å². The molecule has 2 aromatic rings. The highest BCUT2D eigenvalue weighted by Crippen LogP contribution is 2.26. The summed E-state index contributed by atoms with van der Waals surface area (Å²) in [6, 6.07) is 10.1. The lowest BCUT2D eigenvalue weighted by Crippen LogP contribution is -2.27. The summed E-state index contributed by atoms with van der Waals surface area (Å²) in [5, 5.41) is 7.56. The number of aromatic nitrogens is 1. The zero-order valence-electron chi connectivity index (χ0n) is 13.2. The molecule has 0 atom stereocenters. The first-order valence-corrected chi connectivity index (χ1v) is 9.30. The van der Waals surface area contributed by atoms with Crippen molar-refractivity contribution in [3.8, 4) is 0 Å². The Morgan fingerprint density at radius 3 is 2.54 bits per heavy atom. The van der Waals surface area contributed by atoms with Gasteiger partial charge in [-0.3, -0.25) is 9.59 Å². The first-order chi connectivity index (χ1) is 11.7. The smallest absolute Gasteiger partial charge is 0.252 e. The monoisotopic (exact) mass is 341 g/mol. The number of carbonyl (C=O) groups is 2. The lowest BCUT2D eigenvalue weighted by Gasteiger charge is -2.10. The molecule has 2 aliphatic rings. The minimum Gasteiger partial charge on any atom is -0.353 e. The summed E-state index contributed by atoms with van der Waals surface area (Å²) in [6.45, 7) is 0. The van der Waals surface area contributed by atoms with E-state index in [2.05, 4.69) is 15.6 Å². The molecule has 0 unspecified atom stereocenters. The van der Waals surface area contributed by atoms with E-state index < -0.39 is 0 Å². The molecule has 6 heteroatoms. The Labute approximate surface area is 144 Å². The van der Waals surface area contributed by atoms with Crippen LogP contribution < -0.4 is 10.6 Å². The zero-order chi connectivity index (χ0) is 16.5. The Morgan fingerprint density at radius 2 is 1.79 bits per heavy atom. The van der Waals surface area contributed by atoms with Gasteiger partial charge in [0.15, 0.2) is 0 Å². The van der Waals surface area contributed by atoms with Gasteiger partial charge in [-0.25, -0.2) is 4.98 Å². The molecule has 2 fully saturated rings. The number of hydrogen-bond acceptors (Lipinski definition) is 4. The van der Waals surface area contributed by atoms with E-state index in [0.29, 0.717) is 28.4 Å². The lowest BCUT2D eigenvalue weighted by molar-refractivity contribution is -0.118. The van der Waals surface area contributed by atoms with Crippen molar-refractivity contribution in [1.82, 2.24) is 15.6 Å². The van der Waals surface area contributed by atoms with E-state index in [-0.39, 0.29) is 11.8 Å². The van der Waals surface area contributed by atoms with E-state index in [1.807, 2.05) is 24.3 Å². The summed E-state index contributed by atoms with van der Waals surface area (Å²) in [5.41, 5.74) is 1.42. The minimum atomic E-state index is -0.0552. The fourth-order valence-electron chi connectivity index (χ4n) is 2.54. The SMILES string of the molecule is O=C(CSc1cc(C(=O)NC2CC2)c2ccccc2n1)NC1CC1. The Bertz CT molecular complexity index is 800. The molecule has 4 rings (SSSR count). The summed E-state index contributed by atoms with van der Waals surface area (Å²) in [6.07, 6.45) is 4.27. The van der Waals surface area contributed by atoms with Gasteiger partial charge in [-0.2, -0.15) is 0 Å². The van der Waals surface area contributed by atoms with E-state index in [4.69, 9.17) is 0 Å². The highest BCUT2D eigenvalue weighted by atomic mass is 32.2. The second-order valence-corrected chi connectivity index (χ2v) is 7.40. The van der Waals surface area contributed by atoms with Crippen molar-refractivity contribution in [1.29, 1.82) is 0 Å². The van der Waals surface area contributed by atoms with Crippen LogP contribution in [0, 0.1) is 0 Å².